The SMILES string of the molecule is O=C(CC1OC(=C2C(=O)Nc3cc(F)ccc32)c2ccccc21)OCCN1CCCCC1. The van der Waals surface area contributed by atoms with Gasteiger partial charge in [-0.2, -0.15) is 0 Å². The number of amides is 1. The number of hydrogen-bond donors (Lipinski definition) is 1. The molecular formula is C25H25FN2O4. The number of benzene rings is 2. The van der Waals surface area contributed by atoms with Crippen molar-refractivity contribution in [2.45, 2.75) is 31.8 Å². The summed E-state index contributed by atoms with van der Waals surface area (Å²) < 4.78 is 25.2. The van der Waals surface area contributed by atoms with Crippen LogP contribution in [0.4, 0.5) is 10.1 Å². The van der Waals surface area contributed by atoms with Crippen molar-refractivity contribution in [1.82, 2.24) is 4.90 Å². The molecule has 0 radical (unpaired) electrons. The van der Waals surface area contributed by atoms with Gasteiger partial charge in [-0.05, 0) is 44.1 Å². The van der Waals surface area contributed by atoms with Gasteiger partial charge in [-0.3, -0.25) is 14.5 Å². The van der Waals surface area contributed by atoms with Gasteiger partial charge in [0, 0.05) is 23.2 Å². The van der Waals surface area contributed by atoms with Crippen molar-refractivity contribution >= 4 is 28.9 Å². The van der Waals surface area contributed by atoms with Crippen LogP contribution in [0.1, 0.15) is 48.5 Å². The predicted octanol–water partition coefficient (Wildman–Crippen LogP) is 4.14. The van der Waals surface area contributed by atoms with Crippen LogP contribution < -0.4 is 5.32 Å². The molecule has 2 aromatic rings. The monoisotopic (exact) mass is 436 g/mol. The van der Waals surface area contributed by atoms with Crippen molar-refractivity contribution in [1.29, 1.82) is 0 Å². The third kappa shape index (κ3) is 4.00. The van der Waals surface area contributed by atoms with Gasteiger partial charge in [0.1, 0.15) is 24.3 Å². The number of hydrogen-bond acceptors (Lipinski definition) is 5. The van der Waals surface area contributed by atoms with Gasteiger partial charge in [-0.1, -0.05) is 30.7 Å². The Bertz CT molecular complexity index is 1090. The standard InChI is InChI=1S/C25H25FN2O4/c26-16-8-9-19-20(14-16)27-25(30)23(19)24-18-7-3-2-6-17(18)21(32-24)15-22(29)31-13-12-28-10-4-1-5-11-28/h2-3,6-9,14,21H,1,4-5,10-13,15H2,(H,27,30). The largest absolute Gasteiger partial charge is 0.484 e. The second kappa shape index (κ2) is 8.74. The molecule has 3 heterocycles. The molecule has 3 aliphatic rings. The zero-order valence-electron chi connectivity index (χ0n) is 17.7. The fraction of sp³-hybridized carbons (Fsp3) is 0.360. The molecule has 1 saturated heterocycles. The van der Waals surface area contributed by atoms with Crippen molar-refractivity contribution in [2.75, 3.05) is 31.6 Å². The number of halogens is 1. The summed E-state index contributed by atoms with van der Waals surface area (Å²) >= 11 is 0. The maximum Gasteiger partial charge on any atom is 0.309 e. The second-order valence-electron chi connectivity index (χ2n) is 8.37. The smallest absolute Gasteiger partial charge is 0.309 e. The van der Waals surface area contributed by atoms with Crippen LogP contribution in [0.3, 0.4) is 0 Å². The van der Waals surface area contributed by atoms with Crippen LogP contribution in [0.5, 0.6) is 0 Å². The summed E-state index contributed by atoms with van der Waals surface area (Å²) in [6, 6.07) is 11.7. The predicted molar refractivity (Wildman–Crippen MR) is 118 cm³/mol. The Morgan fingerprint density at radius 3 is 2.78 bits per heavy atom. The Morgan fingerprint density at radius 2 is 1.94 bits per heavy atom. The van der Waals surface area contributed by atoms with E-state index in [2.05, 4.69) is 10.2 Å². The van der Waals surface area contributed by atoms with E-state index in [1.54, 1.807) is 6.07 Å². The topological polar surface area (TPSA) is 67.9 Å². The van der Waals surface area contributed by atoms with Gasteiger partial charge in [0.2, 0.25) is 0 Å². The van der Waals surface area contributed by atoms with Crippen LogP contribution in [0.15, 0.2) is 42.5 Å². The summed E-state index contributed by atoms with van der Waals surface area (Å²) in [5, 5.41) is 2.70. The van der Waals surface area contributed by atoms with E-state index in [1.165, 1.54) is 31.4 Å². The van der Waals surface area contributed by atoms with E-state index in [0.29, 0.717) is 29.2 Å². The van der Waals surface area contributed by atoms with Crippen molar-refractivity contribution in [3.63, 3.8) is 0 Å². The first-order chi connectivity index (χ1) is 15.6. The zero-order chi connectivity index (χ0) is 22.1. The number of ether oxygens (including phenoxy) is 2. The average molecular weight is 436 g/mol. The first-order valence-corrected chi connectivity index (χ1v) is 11.1. The molecule has 0 saturated carbocycles. The molecule has 5 rings (SSSR count). The molecule has 1 amide bonds. The van der Waals surface area contributed by atoms with Crippen molar-refractivity contribution in [3.8, 4) is 0 Å². The quantitative estimate of drug-likeness (QED) is 0.564. The van der Waals surface area contributed by atoms with Crippen LogP contribution in [0, 0.1) is 5.82 Å². The maximum absolute atomic E-state index is 13.6. The number of likely N-dealkylation sites (tertiary alicyclic amines) is 1. The molecule has 1 unspecified atom stereocenters. The number of esters is 1. The fourth-order valence-corrected chi connectivity index (χ4v) is 4.65. The molecule has 0 aromatic heterocycles. The van der Waals surface area contributed by atoms with Crippen LogP contribution in [-0.4, -0.2) is 43.0 Å². The minimum atomic E-state index is -0.534. The van der Waals surface area contributed by atoms with Gasteiger partial charge >= 0.3 is 5.97 Å². The lowest BCUT2D eigenvalue weighted by Gasteiger charge is -2.26. The van der Waals surface area contributed by atoms with E-state index in [4.69, 9.17) is 9.47 Å². The second-order valence-corrected chi connectivity index (χ2v) is 8.37. The van der Waals surface area contributed by atoms with Crippen LogP contribution in [0.25, 0.3) is 11.3 Å². The van der Waals surface area contributed by atoms with Gasteiger partial charge in [0.15, 0.2) is 0 Å². The molecule has 7 heteroatoms. The molecule has 6 nitrogen and oxygen atoms in total. The number of nitrogens with zero attached hydrogens (tertiary/aromatic N) is 1. The van der Waals surface area contributed by atoms with E-state index in [-0.39, 0.29) is 18.3 Å². The van der Waals surface area contributed by atoms with Crippen molar-refractivity contribution < 1.29 is 23.5 Å². The van der Waals surface area contributed by atoms with Crippen LogP contribution >= 0.6 is 0 Å². The number of fused-ring (bicyclic) bond motifs is 2. The molecule has 1 N–H and O–H groups in total. The summed E-state index contributed by atoms with van der Waals surface area (Å²) in [6.45, 7) is 3.22. The van der Waals surface area contributed by atoms with Gasteiger partial charge in [0.25, 0.3) is 5.91 Å². The first-order valence-electron chi connectivity index (χ1n) is 11.1. The molecule has 3 aliphatic heterocycles. The Labute approximate surface area is 186 Å². The Kier molecular flexibility index (Phi) is 5.66. The summed E-state index contributed by atoms with van der Waals surface area (Å²) in [5.74, 6) is -0.686. The molecule has 166 valence electrons. The molecule has 1 atom stereocenters. The highest BCUT2D eigenvalue weighted by atomic mass is 19.1. The highest BCUT2D eigenvalue weighted by Crippen LogP contribution is 2.46. The molecule has 0 spiro atoms. The van der Waals surface area contributed by atoms with Crippen LogP contribution in [0.2, 0.25) is 0 Å². The molecular weight excluding hydrogens is 411 g/mol. The summed E-state index contributed by atoms with van der Waals surface area (Å²) in [5.41, 5.74) is 2.96. The summed E-state index contributed by atoms with van der Waals surface area (Å²) in [6.07, 6.45) is 3.19. The summed E-state index contributed by atoms with van der Waals surface area (Å²) in [7, 11) is 0. The third-order valence-electron chi connectivity index (χ3n) is 6.24. The Hall–Kier alpha value is -3.19. The molecule has 0 bridgehead atoms. The minimum absolute atomic E-state index is 0.0612. The normalized spacial score (nSPS) is 22.2. The van der Waals surface area contributed by atoms with E-state index >= 15 is 0 Å². The number of rotatable bonds is 5. The van der Waals surface area contributed by atoms with E-state index in [9.17, 15) is 14.0 Å². The number of carbonyl (C=O) groups is 2. The van der Waals surface area contributed by atoms with Crippen molar-refractivity contribution in [3.05, 3.63) is 65.0 Å². The molecule has 32 heavy (non-hydrogen) atoms. The van der Waals surface area contributed by atoms with E-state index in [1.807, 2.05) is 24.3 Å². The maximum atomic E-state index is 13.6. The van der Waals surface area contributed by atoms with Gasteiger partial charge in [0.05, 0.1) is 17.7 Å². The third-order valence-corrected chi connectivity index (χ3v) is 6.24. The average Bonchev–Trinajstić information content (AvgIpc) is 3.30. The van der Waals surface area contributed by atoms with Gasteiger partial charge in [-0.25, -0.2) is 4.39 Å². The van der Waals surface area contributed by atoms with Gasteiger partial charge in [-0.15, -0.1) is 0 Å². The lowest BCUT2D eigenvalue weighted by molar-refractivity contribution is -0.146. The number of nitrogens with one attached hydrogen (secondary N) is 1. The Morgan fingerprint density at radius 1 is 1.12 bits per heavy atom. The lowest BCUT2D eigenvalue weighted by Crippen LogP contribution is -2.33. The Balaban J connectivity index is 1.33. The molecule has 1 fully saturated rings. The van der Waals surface area contributed by atoms with E-state index < -0.39 is 11.9 Å². The number of carbonyl (C=O) groups excluding carboxylic acids is 2. The first kappa shape index (κ1) is 20.7. The molecule has 0 aliphatic carbocycles. The summed E-state index contributed by atoms with van der Waals surface area (Å²) in [4.78, 5) is 27.5. The zero-order valence-corrected chi connectivity index (χ0v) is 17.7. The highest BCUT2D eigenvalue weighted by Gasteiger charge is 2.37. The van der Waals surface area contributed by atoms with Crippen LogP contribution in [-0.2, 0) is 19.1 Å². The highest BCUT2D eigenvalue weighted by molar-refractivity contribution is 6.36. The lowest BCUT2D eigenvalue weighted by atomic mass is 9.98. The minimum Gasteiger partial charge on any atom is -0.484 e. The van der Waals surface area contributed by atoms with E-state index in [0.717, 1.165) is 30.8 Å². The fourth-order valence-electron chi connectivity index (χ4n) is 4.65. The number of anilines is 1. The van der Waals surface area contributed by atoms with Crippen molar-refractivity contribution in [2.24, 2.45) is 0 Å². The molecule has 2 aromatic carbocycles. The number of piperidine rings is 1. The van der Waals surface area contributed by atoms with Gasteiger partial charge < -0.3 is 14.8 Å².